The number of aryl methyl sites for hydroxylation is 1. The molecule has 2 N–H and O–H groups in total. The first kappa shape index (κ1) is 13.2. The van der Waals surface area contributed by atoms with E-state index < -0.39 is 0 Å². The number of hydrogen-bond acceptors (Lipinski definition) is 2. The first-order valence-electron chi connectivity index (χ1n) is 7.54. The maximum absolute atomic E-state index is 5.93. The van der Waals surface area contributed by atoms with E-state index in [0.717, 1.165) is 11.6 Å². The van der Waals surface area contributed by atoms with E-state index in [1.807, 2.05) is 13.1 Å². The minimum Gasteiger partial charge on any atom is -0.384 e. The molecule has 0 amide bonds. The van der Waals surface area contributed by atoms with E-state index in [4.69, 9.17) is 5.73 Å². The Labute approximate surface area is 120 Å². The molecule has 1 saturated carbocycles. The summed E-state index contributed by atoms with van der Waals surface area (Å²) in [4.78, 5) is 0. The molecule has 1 aromatic heterocycles. The number of hydrogen-bond donors (Lipinski definition) is 1. The highest BCUT2D eigenvalue weighted by atomic mass is 15.3. The lowest BCUT2D eigenvalue weighted by molar-refractivity contribution is 0.348. The van der Waals surface area contributed by atoms with Crippen molar-refractivity contribution in [3.63, 3.8) is 0 Å². The van der Waals surface area contributed by atoms with Gasteiger partial charge in [0, 0.05) is 18.7 Å². The van der Waals surface area contributed by atoms with Crippen LogP contribution in [0.3, 0.4) is 0 Å². The van der Waals surface area contributed by atoms with Gasteiger partial charge < -0.3 is 5.73 Å². The average Bonchev–Trinajstić information content (AvgIpc) is 2.79. The predicted molar refractivity (Wildman–Crippen MR) is 83.4 cm³/mol. The Kier molecular flexibility index (Phi) is 3.51. The normalized spacial score (nSPS) is 22.9. The van der Waals surface area contributed by atoms with Crippen LogP contribution in [0.2, 0.25) is 0 Å². The second kappa shape index (κ2) is 5.31. The molecule has 1 aliphatic carbocycles. The molecule has 0 atom stereocenters. The molecule has 1 aliphatic rings. The Bertz CT molecular complexity index is 573. The Morgan fingerprint density at radius 3 is 2.50 bits per heavy atom. The molecule has 0 aliphatic heterocycles. The first-order valence-corrected chi connectivity index (χ1v) is 7.54. The van der Waals surface area contributed by atoms with Gasteiger partial charge in [-0.3, -0.25) is 4.68 Å². The molecular formula is C17H23N3. The molecule has 106 valence electrons. The third-order valence-corrected chi connectivity index (χ3v) is 4.61. The van der Waals surface area contributed by atoms with Gasteiger partial charge in [-0.25, -0.2) is 0 Å². The van der Waals surface area contributed by atoms with E-state index in [-0.39, 0.29) is 0 Å². The Morgan fingerprint density at radius 2 is 1.85 bits per heavy atom. The van der Waals surface area contributed by atoms with Crippen molar-refractivity contribution in [1.29, 1.82) is 0 Å². The van der Waals surface area contributed by atoms with Crippen LogP contribution in [0.1, 0.15) is 44.1 Å². The van der Waals surface area contributed by atoms with E-state index in [1.165, 1.54) is 36.8 Å². The molecule has 20 heavy (non-hydrogen) atoms. The summed E-state index contributed by atoms with van der Waals surface area (Å²) in [5.74, 6) is 2.27. The number of aromatic nitrogens is 2. The summed E-state index contributed by atoms with van der Waals surface area (Å²) < 4.78 is 1.75. The lowest BCUT2D eigenvalue weighted by Crippen LogP contribution is -2.11. The molecule has 3 heteroatoms. The zero-order valence-corrected chi connectivity index (χ0v) is 12.3. The third kappa shape index (κ3) is 2.45. The van der Waals surface area contributed by atoms with Crippen LogP contribution in [0.15, 0.2) is 30.3 Å². The topological polar surface area (TPSA) is 43.8 Å². The van der Waals surface area contributed by atoms with Crippen molar-refractivity contribution < 1.29 is 0 Å². The van der Waals surface area contributed by atoms with Crippen molar-refractivity contribution >= 4 is 5.82 Å². The second-order valence-electron chi connectivity index (χ2n) is 6.12. The largest absolute Gasteiger partial charge is 0.384 e. The van der Waals surface area contributed by atoms with Gasteiger partial charge in [-0.05, 0) is 30.2 Å². The Morgan fingerprint density at radius 1 is 1.15 bits per heavy atom. The van der Waals surface area contributed by atoms with Gasteiger partial charge in [-0.1, -0.05) is 44.0 Å². The van der Waals surface area contributed by atoms with Crippen LogP contribution in [0, 0.1) is 5.92 Å². The van der Waals surface area contributed by atoms with Crippen molar-refractivity contribution in [3.8, 4) is 11.3 Å². The minimum absolute atomic E-state index is 0.672. The molecule has 0 unspecified atom stereocenters. The molecule has 1 fully saturated rings. The van der Waals surface area contributed by atoms with E-state index in [2.05, 4.69) is 36.3 Å². The molecule has 0 bridgehead atoms. The van der Waals surface area contributed by atoms with Crippen LogP contribution in [0.5, 0.6) is 0 Å². The van der Waals surface area contributed by atoms with E-state index in [0.29, 0.717) is 11.7 Å². The quantitative estimate of drug-likeness (QED) is 0.896. The Hall–Kier alpha value is -1.77. The molecule has 3 rings (SSSR count). The highest BCUT2D eigenvalue weighted by molar-refractivity contribution is 5.67. The number of rotatable bonds is 2. The van der Waals surface area contributed by atoms with Gasteiger partial charge >= 0.3 is 0 Å². The molecule has 0 radical (unpaired) electrons. The molecule has 1 aromatic carbocycles. The summed E-state index contributed by atoms with van der Waals surface area (Å²) >= 11 is 0. The Balaban J connectivity index is 1.96. The van der Waals surface area contributed by atoms with Gasteiger partial charge in [-0.2, -0.15) is 5.10 Å². The van der Waals surface area contributed by atoms with Crippen LogP contribution < -0.4 is 5.73 Å². The summed E-state index contributed by atoms with van der Waals surface area (Å²) in [6.45, 7) is 2.36. The standard InChI is InChI=1S/C17H23N3/c1-12-7-9-13(10-8-12)14-5-3-4-6-15(14)16-11-17(18)20(2)19-16/h3-6,11-13H,7-10,18H2,1-2H3. The molecule has 3 nitrogen and oxygen atoms in total. The average molecular weight is 269 g/mol. The molecule has 0 saturated heterocycles. The lowest BCUT2D eigenvalue weighted by atomic mass is 9.78. The highest BCUT2D eigenvalue weighted by Gasteiger charge is 2.22. The zero-order valence-electron chi connectivity index (χ0n) is 12.3. The number of nitrogens with zero attached hydrogens (tertiary/aromatic N) is 2. The van der Waals surface area contributed by atoms with Crippen molar-refractivity contribution in [3.05, 3.63) is 35.9 Å². The van der Waals surface area contributed by atoms with E-state index in [9.17, 15) is 0 Å². The maximum atomic E-state index is 5.93. The number of benzene rings is 1. The molecule has 0 spiro atoms. The highest BCUT2D eigenvalue weighted by Crippen LogP contribution is 2.39. The van der Waals surface area contributed by atoms with Gasteiger partial charge in [-0.15, -0.1) is 0 Å². The minimum atomic E-state index is 0.672. The van der Waals surface area contributed by atoms with Crippen LogP contribution in [0.4, 0.5) is 5.82 Å². The van der Waals surface area contributed by atoms with Crippen molar-refractivity contribution in [1.82, 2.24) is 9.78 Å². The third-order valence-electron chi connectivity index (χ3n) is 4.61. The predicted octanol–water partition coefficient (Wildman–Crippen LogP) is 3.96. The van der Waals surface area contributed by atoms with Gasteiger partial charge in [0.15, 0.2) is 0 Å². The summed E-state index contributed by atoms with van der Waals surface area (Å²) in [5, 5.41) is 4.54. The van der Waals surface area contributed by atoms with Crippen LogP contribution in [-0.4, -0.2) is 9.78 Å². The fraction of sp³-hybridized carbons (Fsp3) is 0.471. The maximum Gasteiger partial charge on any atom is 0.121 e. The van der Waals surface area contributed by atoms with Gasteiger partial charge in [0.25, 0.3) is 0 Å². The summed E-state index contributed by atoms with van der Waals surface area (Å²) in [7, 11) is 1.89. The number of anilines is 1. The summed E-state index contributed by atoms with van der Waals surface area (Å²) in [6.07, 6.45) is 5.26. The van der Waals surface area contributed by atoms with Gasteiger partial charge in [0.05, 0.1) is 5.69 Å². The van der Waals surface area contributed by atoms with Crippen molar-refractivity contribution in [2.24, 2.45) is 13.0 Å². The smallest absolute Gasteiger partial charge is 0.121 e. The fourth-order valence-corrected chi connectivity index (χ4v) is 3.27. The second-order valence-corrected chi connectivity index (χ2v) is 6.12. The van der Waals surface area contributed by atoms with Crippen molar-refractivity contribution in [2.75, 3.05) is 5.73 Å². The number of nitrogen functional groups attached to an aromatic ring is 1. The van der Waals surface area contributed by atoms with Crippen LogP contribution in [0.25, 0.3) is 11.3 Å². The van der Waals surface area contributed by atoms with Crippen molar-refractivity contribution in [2.45, 2.75) is 38.5 Å². The first-order chi connectivity index (χ1) is 9.65. The number of nitrogens with two attached hydrogens (primary N) is 1. The van der Waals surface area contributed by atoms with Crippen LogP contribution >= 0.6 is 0 Å². The zero-order chi connectivity index (χ0) is 14.1. The van der Waals surface area contributed by atoms with Crippen LogP contribution in [-0.2, 0) is 7.05 Å². The monoisotopic (exact) mass is 269 g/mol. The molecular weight excluding hydrogens is 246 g/mol. The van der Waals surface area contributed by atoms with Gasteiger partial charge in [0.1, 0.15) is 5.82 Å². The molecule has 2 aromatic rings. The summed E-state index contributed by atoms with van der Waals surface area (Å²) in [5.41, 5.74) is 9.62. The lowest BCUT2D eigenvalue weighted by Gasteiger charge is -2.27. The van der Waals surface area contributed by atoms with Gasteiger partial charge in [0.2, 0.25) is 0 Å². The SMILES string of the molecule is CC1CCC(c2ccccc2-c2cc(N)n(C)n2)CC1. The van der Waals surface area contributed by atoms with E-state index in [1.54, 1.807) is 4.68 Å². The van der Waals surface area contributed by atoms with E-state index >= 15 is 0 Å². The molecule has 1 heterocycles. The fourth-order valence-electron chi connectivity index (χ4n) is 3.27. The summed E-state index contributed by atoms with van der Waals surface area (Å²) in [6, 6.07) is 10.7.